The van der Waals surface area contributed by atoms with Crippen LogP contribution in [0.4, 0.5) is 9.52 Å². The molecule has 1 aromatic heterocycles. The van der Waals surface area contributed by atoms with Gasteiger partial charge in [0.15, 0.2) is 4.34 Å². The molecule has 1 aliphatic heterocycles. The lowest BCUT2D eigenvalue weighted by atomic mass is 9.85. The minimum atomic E-state index is -0.932. The van der Waals surface area contributed by atoms with Crippen LogP contribution in [0.3, 0.4) is 0 Å². The van der Waals surface area contributed by atoms with Crippen molar-refractivity contribution in [2.24, 2.45) is 0 Å². The van der Waals surface area contributed by atoms with Crippen LogP contribution in [0.5, 0.6) is 5.75 Å². The molecule has 6 rings (SSSR count). The average molecular weight is 680 g/mol. The number of benzene rings is 4. The van der Waals surface area contributed by atoms with Crippen molar-refractivity contribution in [3.63, 3.8) is 0 Å². The van der Waals surface area contributed by atoms with E-state index >= 15 is 0 Å². The highest BCUT2D eigenvalue weighted by Crippen LogP contribution is 2.44. The predicted molar refractivity (Wildman–Crippen MR) is 188 cm³/mol. The molecule has 0 radical (unpaired) electrons. The molecule has 1 saturated heterocycles. The number of aliphatic hydroxyl groups is 1. The molecule has 0 spiro atoms. The minimum Gasteiger partial charge on any atom is -0.507 e. The van der Waals surface area contributed by atoms with Gasteiger partial charge in [0.25, 0.3) is 5.78 Å². The fraction of sp³-hybridized carbons (Fsp3) is 0.211. The molecular weight excluding hydrogens is 646 g/mol. The fourth-order valence-corrected chi connectivity index (χ4v) is 7.22. The number of rotatable bonds is 9. The number of Topliss-reactive ketones (excluding diaryl/α,β-unsaturated/α-hetero) is 1. The van der Waals surface area contributed by atoms with Gasteiger partial charge in [-0.25, -0.2) is 4.39 Å². The van der Waals surface area contributed by atoms with Crippen LogP contribution < -0.4 is 9.64 Å². The van der Waals surface area contributed by atoms with Crippen molar-refractivity contribution in [1.82, 2.24) is 10.2 Å². The molecule has 1 N–H and O–H groups in total. The maximum absolute atomic E-state index is 13.7. The van der Waals surface area contributed by atoms with Crippen molar-refractivity contribution in [1.29, 1.82) is 0 Å². The fourth-order valence-electron chi connectivity index (χ4n) is 5.39. The number of ketones is 1. The smallest absolute Gasteiger partial charge is 0.301 e. The predicted octanol–water partition coefficient (Wildman–Crippen LogP) is 8.78. The molecule has 0 bridgehead atoms. The van der Waals surface area contributed by atoms with Gasteiger partial charge in [0.05, 0.1) is 11.6 Å². The number of aromatic nitrogens is 2. The van der Waals surface area contributed by atoms with Crippen LogP contribution in [0.25, 0.3) is 5.76 Å². The molecule has 7 nitrogen and oxygen atoms in total. The molecule has 4 aromatic carbocycles. The molecular formula is C38H34FN3O4S2. The number of ether oxygens (including phenoxy) is 1. The van der Waals surface area contributed by atoms with E-state index in [1.165, 1.54) is 40.1 Å². The highest BCUT2D eigenvalue weighted by molar-refractivity contribution is 8.00. The van der Waals surface area contributed by atoms with E-state index in [4.69, 9.17) is 4.74 Å². The Morgan fingerprint density at radius 2 is 1.62 bits per heavy atom. The van der Waals surface area contributed by atoms with E-state index in [1.54, 1.807) is 36.4 Å². The molecule has 1 unspecified atom stereocenters. The first-order chi connectivity index (χ1) is 23.0. The van der Waals surface area contributed by atoms with Gasteiger partial charge in [0.1, 0.15) is 23.9 Å². The number of amides is 1. The zero-order valence-corrected chi connectivity index (χ0v) is 28.6. The monoisotopic (exact) mass is 679 g/mol. The number of hydrogen-bond acceptors (Lipinski definition) is 8. The summed E-state index contributed by atoms with van der Waals surface area (Å²) in [5, 5.41) is 20.4. The number of anilines is 1. The Bertz CT molecular complexity index is 1980. The lowest BCUT2D eigenvalue weighted by Gasteiger charge is -2.24. The highest BCUT2D eigenvalue weighted by Gasteiger charge is 2.48. The molecule has 0 aliphatic carbocycles. The van der Waals surface area contributed by atoms with Gasteiger partial charge in [-0.05, 0) is 76.6 Å². The molecule has 1 fully saturated rings. The van der Waals surface area contributed by atoms with Crippen LogP contribution in [0, 0.1) is 12.7 Å². The molecule has 48 heavy (non-hydrogen) atoms. The summed E-state index contributed by atoms with van der Waals surface area (Å²) in [4.78, 5) is 28.7. The first-order valence-corrected chi connectivity index (χ1v) is 17.2. The Kier molecular flexibility index (Phi) is 9.48. The van der Waals surface area contributed by atoms with Crippen LogP contribution in [-0.4, -0.2) is 27.0 Å². The Labute approximate surface area is 287 Å². The molecule has 5 aromatic rings. The number of thioether (sulfide) groups is 1. The van der Waals surface area contributed by atoms with E-state index in [0.29, 0.717) is 33.6 Å². The van der Waals surface area contributed by atoms with E-state index in [9.17, 15) is 19.1 Å². The van der Waals surface area contributed by atoms with Crippen molar-refractivity contribution < 1.29 is 23.8 Å². The third-order valence-corrected chi connectivity index (χ3v) is 10.3. The van der Waals surface area contributed by atoms with Gasteiger partial charge in [0, 0.05) is 11.3 Å². The number of aryl methyl sites for hydroxylation is 1. The summed E-state index contributed by atoms with van der Waals surface area (Å²) < 4.78 is 19.9. The molecule has 1 aliphatic rings. The summed E-state index contributed by atoms with van der Waals surface area (Å²) in [7, 11) is 0. The largest absolute Gasteiger partial charge is 0.507 e. The Morgan fingerprint density at radius 3 is 2.29 bits per heavy atom. The zero-order valence-electron chi connectivity index (χ0n) is 26.9. The van der Waals surface area contributed by atoms with Crippen LogP contribution in [0.2, 0.25) is 0 Å². The quantitative estimate of drug-likeness (QED) is 0.0547. The summed E-state index contributed by atoms with van der Waals surface area (Å²) in [6.07, 6.45) is 0. The van der Waals surface area contributed by atoms with Crippen molar-refractivity contribution in [2.45, 2.75) is 55.9 Å². The maximum atomic E-state index is 13.7. The number of carbonyl (C=O) groups is 2. The third kappa shape index (κ3) is 7.05. The molecule has 1 atom stereocenters. The van der Waals surface area contributed by atoms with Gasteiger partial charge in [-0.15, -0.1) is 10.2 Å². The average Bonchev–Trinajstić information content (AvgIpc) is 3.65. The lowest BCUT2D eigenvalue weighted by Crippen LogP contribution is -2.29. The van der Waals surface area contributed by atoms with E-state index in [0.717, 1.165) is 22.3 Å². The van der Waals surface area contributed by atoms with E-state index in [-0.39, 0.29) is 27.7 Å². The number of carbonyl (C=O) groups excluding carboxylic acids is 2. The normalized spacial score (nSPS) is 16.0. The second-order valence-electron chi connectivity index (χ2n) is 12.5. The third-order valence-electron chi connectivity index (χ3n) is 8.20. The second kappa shape index (κ2) is 13.7. The van der Waals surface area contributed by atoms with Crippen molar-refractivity contribution in [3.05, 3.63) is 142 Å². The first kappa shape index (κ1) is 33.1. The number of hydrogen-bond donors (Lipinski definition) is 1. The van der Waals surface area contributed by atoms with Crippen molar-refractivity contribution in [3.8, 4) is 5.75 Å². The summed E-state index contributed by atoms with van der Waals surface area (Å²) in [5.74, 6) is -1.09. The number of aliphatic hydroxyl groups excluding tert-OH is 1. The number of nitrogens with zero attached hydrogens (tertiary/aromatic N) is 3. The van der Waals surface area contributed by atoms with Gasteiger partial charge >= 0.3 is 5.91 Å². The Hall–Kier alpha value is -4.80. The van der Waals surface area contributed by atoms with Gasteiger partial charge in [0.2, 0.25) is 5.13 Å². The standard InChI is InChI=1S/C38H34FN3O4S2/c1-23-7-5-6-8-27(23)21-46-30-19-13-26(14-20-30)33(43)31-32(25-11-15-28(16-12-25)38(2,3)4)42(35(45)34(31)44)36-40-41-37(48-36)47-22-24-9-17-29(39)18-10-24/h5-20,32,43H,21-22H2,1-4H3. The van der Waals surface area contributed by atoms with Gasteiger partial charge in [-0.2, -0.15) is 0 Å². The Morgan fingerprint density at radius 1 is 0.938 bits per heavy atom. The van der Waals surface area contributed by atoms with Gasteiger partial charge in [-0.3, -0.25) is 14.5 Å². The lowest BCUT2D eigenvalue weighted by molar-refractivity contribution is -0.132. The van der Waals surface area contributed by atoms with Gasteiger partial charge in [-0.1, -0.05) is 105 Å². The van der Waals surface area contributed by atoms with Crippen LogP contribution in [-0.2, 0) is 27.4 Å². The molecule has 0 saturated carbocycles. The Balaban J connectivity index is 1.32. The molecule has 1 amide bonds. The SMILES string of the molecule is Cc1ccccc1COc1ccc(C(O)=C2C(=O)C(=O)N(c3nnc(SCc4ccc(F)cc4)s3)C2c2ccc(C(C)(C)C)cc2)cc1. The van der Waals surface area contributed by atoms with Crippen molar-refractivity contribution >= 4 is 45.7 Å². The number of halogens is 1. The first-order valence-electron chi connectivity index (χ1n) is 15.4. The van der Waals surface area contributed by atoms with Crippen molar-refractivity contribution in [2.75, 3.05) is 4.90 Å². The summed E-state index contributed by atoms with van der Waals surface area (Å²) >= 11 is 2.58. The highest BCUT2D eigenvalue weighted by atomic mass is 32.2. The van der Waals surface area contributed by atoms with Crippen LogP contribution in [0.15, 0.2) is 107 Å². The van der Waals surface area contributed by atoms with E-state index < -0.39 is 17.7 Å². The summed E-state index contributed by atoms with van der Waals surface area (Å²) in [6, 6.07) is 27.8. The van der Waals surface area contributed by atoms with Crippen LogP contribution >= 0.6 is 23.1 Å². The summed E-state index contributed by atoms with van der Waals surface area (Å²) in [6.45, 7) is 8.73. The minimum absolute atomic E-state index is 0.0344. The second-order valence-corrected chi connectivity index (χ2v) is 14.7. The molecule has 2 heterocycles. The topological polar surface area (TPSA) is 92.6 Å². The zero-order chi connectivity index (χ0) is 34.0. The van der Waals surface area contributed by atoms with Gasteiger partial charge < -0.3 is 9.84 Å². The molecule has 10 heteroatoms. The van der Waals surface area contributed by atoms with E-state index in [2.05, 4.69) is 31.0 Å². The van der Waals surface area contributed by atoms with E-state index in [1.807, 2.05) is 55.5 Å². The summed E-state index contributed by atoms with van der Waals surface area (Å²) in [5.41, 5.74) is 5.06. The molecule has 244 valence electrons. The maximum Gasteiger partial charge on any atom is 0.301 e. The van der Waals surface area contributed by atoms with Crippen LogP contribution in [0.1, 0.15) is 60.2 Å².